The first kappa shape index (κ1) is 21.6. The van der Waals surface area contributed by atoms with Crippen molar-refractivity contribution in [3.05, 3.63) is 47.3 Å². The molecule has 2 heterocycles. The van der Waals surface area contributed by atoms with E-state index in [1.54, 1.807) is 6.20 Å². The molecule has 1 aromatic heterocycles. The van der Waals surface area contributed by atoms with Crippen molar-refractivity contribution in [3.8, 4) is 5.69 Å². The van der Waals surface area contributed by atoms with Gasteiger partial charge in [-0.2, -0.15) is 5.10 Å². The Morgan fingerprint density at radius 3 is 2.29 bits per heavy atom. The van der Waals surface area contributed by atoms with E-state index in [0.29, 0.717) is 38.2 Å². The average molecular weight is 423 g/mol. The third kappa shape index (κ3) is 4.83. The zero-order valence-electron chi connectivity index (χ0n) is 18.8. The molecule has 4 rings (SSSR count). The molecule has 1 aromatic carbocycles. The fourth-order valence-electron chi connectivity index (χ4n) is 4.92. The highest BCUT2D eigenvalue weighted by Crippen LogP contribution is 2.28. The topological polar surface area (TPSA) is 58.4 Å². The van der Waals surface area contributed by atoms with Crippen molar-refractivity contribution in [2.75, 3.05) is 26.2 Å². The van der Waals surface area contributed by atoms with E-state index in [1.807, 2.05) is 26.6 Å². The summed E-state index contributed by atoms with van der Waals surface area (Å²) in [6, 6.07) is 8.18. The second-order valence-electron chi connectivity index (χ2n) is 8.97. The zero-order valence-corrected chi connectivity index (χ0v) is 18.8. The van der Waals surface area contributed by atoms with E-state index < -0.39 is 0 Å². The van der Waals surface area contributed by atoms with Crippen molar-refractivity contribution in [1.29, 1.82) is 0 Å². The van der Waals surface area contributed by atoms with Crippen LogP contribution in [0.2, 0.25) is 0 Å². The Bertz CT molecular complexity index is 904. The Morgan fingerprint density at radius 1 is 1.00 bits per heavy atom. The molecule has 31 heavy (non-hydrogen) atoms. The van der Waals surface area contributed by atoms with E-state index in [1.165, 1.54) is 31.2 Å². The first-order chi connectivity index (χ1) is 15.1. The number of piperazine rings is 1. The molecule has 6 nitrogen and oxygen atoms in total. The van der Waals surface area contributed by atoms with Gasteiger partial charge in [0.25, 0.3) is 5.91 Å². The molecule has 166 valence electrons. The summed E-state index contributed by atoms with van der Waals surface area (Å²) in [4.78, 5) is 29.6. The van der Waals surface area contributed by atoms with Crippen LogP contribution in [0.15, 0.2) is 30.5 Å². The molecule has 1 aliphatic heterocycles. The summed E-state index contributed by atoms with van der Waals surface area (Å²) in [5, 5.41) is 4.51. The molecule has 2 aromatic rings. The third-order valence-corrected chi connectivity index (χ3v) is 6.87. The van der Waals surface area contributed by atoms with Gasteiger partial charge in [0.1, 0.15) is 0 Å². The van der Waals surface area contributed by atoms with Crippen LogP contribution in [0.3, 0.4) is 0 Å². The number of carbonyl (C=O) groups excluding carboxylic acids is 2. The first-order valence-electron chi connectivity index (χ1n) is 11.8. The normalized spacial score (nSPS) is 17.4. The van der Waals surface area contributed by atoms with Gasteiger partial charge in [0.15, 0.2) is 0 Å². The van der Waals surface area contributed by atoms with Crippen LogP contribution in [0.1, 0.15) is 67.1 Å². The highest BCUT2D eigenvalue weighted by atomic mass is 16.2. The van der Waals surface area contributed by atoms with Crippen LogP contribution >= 0.6 is 0 Å². The number of benzene rings is 1. The largest absolute Gasteiger partial charge is 0.339 e. The molecular weight excluding hydrogens is 388 g/mol. The van der Waals surface area contributed by atoms with Crippen LogP contribution in [-0.2, 0) is 11.2 Å². The number of nitrogens with zero attached hydrogens (tertiary/aromatic N) is 4. The standard InChI is InChI=1S/C25H34N4O2/c1-3-23-22(18-26-29(23)21-11-8-19(2)9-12-21)25(31)28-16-14-27(15-17-28)24(30)13-10-20-6-4-5-7-20/h8-9,11-12,18,20H,3-7,10,13-17H2,1-2H3. The molecule has 6 heteroatoms. The van der Waals surface area contributed by atoms with Crippen LogP contribution in [0.4, 0.5) is 0 Å². The molecule has 1 saturated carbocycles. The SMILES string of the molecule is CCc1c(C(=O)N2CCN(C(=O)CCC3CCCC3)CC2)cnn1-c1ccc(C)cc1. The Morgan fingerprint density at radius 2 is 1.65 bits per heavy atom. The molecule has 1 aliphatic carbocycles. The van der Waals surface area contributed by atoms with Crippen molar-refractivity contribution in [3.63, 3.8) is 0 Å². The number of hydrogen-bond acceptors (Lipinski definition) is 3. The summed E-state index contributed by atoms with van der Waals surface area (Å²) >= 11 is 0. The lowest BCUT2D eigenvalue weighted by Gasteiger charge is -2.35. The van der Waals surface area contributed by atoms with Gasteiger partial charge >= 0.3 is 0 Å². The molecule has 0 N–H and O–H groups in total. The van der Waals surface area contributed by atoms with Crippen LogP contribution in [0.25, 0.3) is 5.69 Å². The summed E-state index contributed by atoms with van der Waals surface area (Å²) in [7, 11) is 0. The highest BCUT2D eigenvalue weighted by Gasteiger charge is 2.28. The van der Waals surface area contributed by atoms with E-state index in [0.717, 1.165) is 30.1 Å². The molecule has 0 bridgehead atoms. The summed E-state index contributed by atoms with van der Waals surface area (Å²) < 4.78 is 1.87. The summed E-state index contributed by atoms with van der Waals surface area (Å²) in [6.07, 6.45) is 9.31. The molecule has 1 saturated heterocycles. The molecule has 0 radical (unpaired) electrons. The van der Waals surface area contributed by atoms with Crippen LogP contribution in [0, 0.1) is 12.8 Å². The van der Waals surface area contributed by atoms with Crippen molar-refractivity contribution in [1.82, 2.24) is 19.6 Å². The van der Waals surface area contributed by atoms with Gasteiger partial charge in [-0.3, -0.25) is 9.59 Å². The Hall–Kier alpha value is -2.63. The maximum atomic E-state index is 13.2. The molecule has 0 atom stereocenters. The molecular formula is C25H34N4O2. The van der Waals surface area contributed by atoms with Gasteiger partial charge in [-0.25, -0.2) is 4.68 Å². The summed E-state index contributed by atoms with van der Waals surface area (Å²) in [5.74, 6) is 1.01. The zero-order chi connectivity index (χ0) is 21.8. The lowest BCUT2D eigenvalue weighted by molar-refractivity contribution is -0.133. The van der Waals surface area contributed by atoms with E-state index in [2.05, 4.69) is 31.1 Å². The molecule has 2 amide bonds. The minimum Gasteiger partial charge on any atom is -0.339 e. The number of aromatic nitrogens is 2. The molecule has 0 unspecified atom stereocenters. The highest BCUT2D eigenvalue weighted by molar-refractivity contribution is 5.95. The smallest absolute Gasteiger partial charge is 0.257 e. The van der Waals surface area contributed by atoms with Gasteiger partial charge in [0.05, 0.1) is 23.1 Å². The van der Waals surface area contributed by atoms with E-state index in [-0.39, 0.29) is 11.8 Å². The quantitative estimate of drug-likeness (QED) is 0.707. The monoisotopic (exact) mass is 422 g/mol. The van der Waals surface area contributed by atoms with Gasteiger partial charge < -0.3 is 9.80 Å². The van der Waals surface area contributed by atoms with E-state index >= 15 is 0 Å². The molecule has 2 fully saturated rings. The maximum Gasteiger partial charge on any atom is 0.257 e. The fourth-order valence-corrected chi connectivity index (χ4v) is 4.92. The van der Waals surface area contributed by atoms with Gasteiger partial charge in [0.2, 0.25) is 5.91 Å². The fraction of sp³-hybridized carbons (Fsp3) is 0.560. The number of amides is 2. The van der Waals surface area contributed by atoms with Gasteiger partial charge in [-0.05, 0) is 37.8 Å². The van der Waals surface area contributed by atoms with Gasteiger partial charge in [0, 0.05) is 32.6 Å². The number of aryl methyl sites for hydroxylation is 1. The second-order valence-corrected chi connectivity index (χ2v) is 8.97. The minimum atomic E-state index is 0.0215. The second kappa shape index (κ2) is 9.67. The van der Waals surface area contributed by atoms with Crippen molar-refractivity contribution in [2.24, 2.45) is 5.92 Å². The third-order valence-electron chi connectivity index (χ3n) is 6.87. The summed E-state index contributed by atoms with van der Waals surface area (Å²) in [6.45, 7) is 6.55. The predicted molar refractivity (Wildman–Crippen MR) is 121 cm³/mol. The number of rotatable bonds is 6. The minimum absolute atomic E-state index is 0.0215. The van der Waals surface area contributed by atoms with Crippen molar-refractivity contribution < 1.29 is 9.59 Å². The van der Waals surface area contributed by atoms with Crippen LogP contribution in [-0.4, -0.2) is 57.6 Å². The van der Waals surface area contributed by atoms with Crippen LogP contribution < -0.4 is 0 Å². The van der Waals surface area contributed by atoms with Gasteiger partial charge in [-0.15, -0.1) is 0 Å². The lowest BCUT2D eigenvalue weighted by atomic mass is 10.0. The first-order valence-corrected chi connectivity index (χ1v) is 11.8. The van der Waals surface area contributed by atoms with Crippen molar-refractivity contribution >= 4 is 11.8 Å². The maximum absolute atomic E-state index is 13.2. The number of carbonyl (C=O) groups is 2. The Labute approximate surface area is 185 Å². The predicted octanol–water partition coefficient (Wildman–Crippen LogP) is 4.00. The molecule has 0 spiro atoms. The van der Waals surface area contributed by atoms with E-state index in [4.69, 9.17) is 0 Å². The van der Waals surface area contributed by atoms with E-state index in [9.17, 15) is 9.59 Å². The Kier molecular flexibility index (Phi) is 6.73. The lowest BCUT2D eigenvalue weighted by Crippen LogP contribution is -2.50. The van der Waals surface area contributed by atoms with Crippen molar-refractivity contribution in [2.45, 2.75) is 58.8 Å². The number of hydrogen-bond donors (Lipinski definition) is 0. The average Bonchev–Trinajstić information content (AvgIpc) is 3.47. The van der Waals surface area contributed by atoms with Gasteiger partial charge in [-0.1, -0.05) is 50.3 Å². The summed E-state index contributed by atoms with van der Waals surface area (Å²) in [5.41, 5.74) is 3.77. The molecule has 2 aliphatic rings. The Balaban J connectivity index is 1.36. The van der Waals surface area contributed by atoms with Crippen LogP contribution in [0.5, 0.6) is 0 Å².